The number of carbonyl (C=O) groups is 1. The quantitative estimate of drug-likeness (QED) is 0.705. The zero-order chi connectivity index (χ0) is 17.6. The van der Waals surface area contributed by atoms with Crippen molar-refractivity contribution in [2.75, 3.05) is 5.32 Å². The summed E-state index contributed by atoms with van der Waals surface area (Å²) in [7, 11) is 0. The van der Waals surface area contributed by atoms with Gasteiger partial charge in [0.1, 0.15) is 11.7 Å². The summed E-state index contributed by atoms with van der Waals surface area (Å²) in [4.78, 5) is 13.0. The van der Waals surface area contributed by atoms with E-state index in [2.05, 4.69) is 16.0 Å². The monoisotopic (exact) mass is 373 g/mol. The fraction of sp³-hybridized carbons (Fsp3) is 0.222. The van der Waals surface area contributed by atoms with E-state index < -0.39 is 11.6 Å². The van der Waals surface area contributed by atoms with E-state index in [-0.39, 0.29) is 11.9 Å². The molecule has 25 heavy (non-hydrogen) atoms. The van der Waals surface area contributed by atoms with Gasteiger partial charge in [-0.3, -0.25) is 4.79 Å². The van der Waals surface area contributed by atoms with Gasteiger partial charge in [0, 0.05) is 16.3 Å². The molecule has 0 aromatic heterocycles. The number of fused-ring (bicyclic) bond motifs is 4. The van der Waals surface area contributed by atoms with Crippen molar-refractivity contribution in [2.24, 2.45) is 5.92 Å². The van der Waals surface area contributed by atoms with E-state index in [0.717, 1.165) is 11.3 Å². The Morgan fingerprint density at radius 2 is 2.04 bits per heavy atom. The van der Waals surface area contributed by atoms with Crippen LogP contribution in [0.2, 0.25) is 5.02 Å². The van der Waals surface area contributed by atoms with Crippen LogP contribution in [0.25, 0.3) is 0 Å². The van der Waals surface area contributed by atoms with Crippen molar-refractivity contribution in [2.45, 2.75) is 18.7 Å². The summed E-state index contributed by atoms with van der Waals surface area (Å²) in [5, 5.41) is 10.3. The second kappa shape index (κ2) is 5.89. The van der Waals surface area contributed by atoms with Crippen LogP contribution in [0.15, 0.2) is 48.5 Å². The molecule has 1 fully saturated rings. The van der Waals surface area contributed by atoms with E-state index in [9.17, 15) is 4.79 Å². The van der Waals surface area contributed by atoms with Crippen LogP contribution in [0, 0.1) is 5.92 Å². The van der Waals surface area contributed by atoms with Crippen LogP contribution >= 0.6 is 23.8 Å². The molecule has 0 unspecified atom stereocenters. The van der Waals surface area contributed by atoms with Crippen molar-refractivity contribution in [1.29, 1.82) is 0 Å². The minimum atomic E-state index is -0.952. The van der Waals surface area contributed by atoms with Gasteiger partial charge >= 0.3 is 0 Å². The number of nitrogens with one attached hydrogen (secondary N) is 3. The third-order valence-electron chi connectivity index (χ3n) is 4.53. The maximum atomic E-state index is 13.0. The Labute approximate surface area is 155 Å². The smallest absolute Gasteiger partial charge is 0.236 e. The lowest BCUT2D eigenvalue weighted by Crippen LogP contribution is -2.70. The number of halogens is 1. The van der Waals surface area contributed by atoms with Crippen LogP contribution in [0.3, 0.4) is 0 Å². The highest BCUT2D eigenvalue weighted by atomic mass is 35.5. The summed E-state index contributed by atoms with van der Waals surface area (Å²) in [6.07, 6.45) is 0. The van der Waals surface area contributed by atoms with Crippen LogP contribution in [0.4, 0.5) is 5.69 Å². The largest absolute Gasteiger partial charge is 0.467 e. The number of benzene rings is 2. The first-order valence-electron chi connectivity index (χ1n) is 7.89. The molecule has 3 atom stereocenters. The number of para-hydroxylation sites is 1. The number of anilines is 1. The van der Waals surface area contributed by atoms with Gasteiger partial charge in [-0.25, -0.2) is 0 Å². The highest BCUT2D eigenvalue weighted by Gasteiger charge is 2.54. The normalized spacial score (nSPS) is 26.6. The molecule has 0 radical (unpaired) electrons. The Kier molecular flexibility index (Phi) is 3.81. The van der Waals surface area contributed by atoms with Crippen molar-refractivity contribution in [1.82, 2.24) is 10.6 Å². The second-order valence-electron chi connectivity index (χ2n) is 6.30. The number of rotatable bonds is 2. The van der Waals surface area contributed by atoms with Gasteiger partial charge in [-0.05, 0) is 49.5 Å². The molecule has 1 saturated heterocycles. The molecular formula is C18H16ClN3O2S. The molecule has 0 saturated carbocycles. The molecule has 7 heteroatoms. The molecule has 2 heterocycles. The van der Waals surface area contributed by atoms with E-state index in [1.807, 2.05) is 49.4 Å². The molecule has 2 aliphatic rings. The van der Waals surface area contributed by atoms with Gasteiger partial charge in [-0.15, -0.1) is 0 Å². The van der Waals surface area contributed by atoms with Crippen LogP contribution in [0.1, 0.15) is 18.5 Å². The fourth-order valence-electron chi connectivity index (χ4n) is 3.45. The lowest BCUT2D eigenvalue weighted by molar-refractivity contribution is -0.132. The Bertz CT molecular complexity index is 861. The van der Waals surface area contributed by atoms with Crippen LogP contribution in [0.5, 0.6) is 5.75 Å². The Morgan fingerprint density at radius 1 is 1.28 bits per heavy atom. The average Bonchev–Trinajstić information content (AvgIpc) is 2.55. The molecule has 5 nitrogen and oxygen atoms in total. The lowest BCUT2D eigenvalue weighted by Gasteiger charge is -2.50. The van der Waals surface area contributed by atoms with Crippen LogP contribution in [-0.4, -0.2) is 16.7 Å². The van der Waals surface area contributed by atoms with Crippen molar-refractivity contribution in [3.8, 4) is 5.75 Å². The van der Waals surface area contributed by atoms with Gasteiger partial charge in [0.05, 0.1) is 6.04 Å². The summed E-state index contributed by atoms with van der Waals surface area (Å²) in [5.74, 6) is -0.0136. The van der Waals surface area contributed by atoms with Crippen LogP contribution in [-0.2, 0) is 4.79 Å². The molecule has 2 bridgehead atoms. The third-order valence-corrected chi connectivity index (χ3v) is 4.98. The summed E-state index contributed by atoms with van der Waals surface area (Å²) < 4.78 is 6.13. The first kappa shape index (κ1) is 16.2. The highest BCUT2D eigenvalue weighted by Crippen LogP contribution is 2.45. The molecule has 2 aromatic rings. The Balaban J connectivity index is 1.74. The fourth-order valence-corrected chi connectivity index (χ4v) is 3.97. The minimum absolute atomic E-state index is 0.160. The average molecular weight is 374 g/mol. The number of hydrogen-bond donors (Lipinski definition) is 3. The highest BCUT2D eigenvalue weighted by molar-refractivity contribution is 7.80. The van der Waals surface area contributed by atoms with E-state index in [1.165, 1.54) is 0 Å². The summed E-state index contributed by atoms with van der Waals surface area (Å²) >= 11 is 11.4. The van der Waals surface area contributed by atoms with Gasteiger partial charge in [0.2, 0.25) is 5.91 Å². The van der Waals surface area contributed by atoms with Gasteiger partial charge in [0.15, 0.2) is 10.8 Å². The first-order valence-corrected chi connectivity index (χ1v) is 8.68. The molecule has 2 aliphatic heterocycles. The third kappa shape index (κ3) is 2.81. The van der Waals surface area contributed by atoms with Gasteiger partial charge < -0.3 is 20.7 Å². The Hall–Kier alpha value is -2.31. The zero-order valence-corrected chi connectivity index (χ0v) is 14.9. The predicted molar refractivity (Wildman–Crippen MR) is 101 cm³/mol. The number of thiocarbonyl (C=S) groups is 1. The predicted octanol–water partition coefficient (Wildman–Crippen LogP) is 3.22. The molecule has 3 N–H and O–H groups in total. The van der Waals surface area contributed by atoms with Crippen molar-refractivity contribution < 1.29 is 9.53 Å². The molecule has 0 aliphatic carbocycles. The summed E-state index contributed by atoms with van der Waals surface area (Å²) in [6.45, 7) is 1.83. The summed E-state index contributed by atoms with van der Waals surface area (Å²) in [6, 6.07) is 14.4. The SMILES string of the molecule is C[C@]12NC(=S)N[C@H](c3cc(Cl)ccc3O1)[C@@H]2C(=O)Nc1ccccc1. The van der Waals surface area contributed by atoms with Gasteiger partial charge in [-0.2, -0.15) is 0 Å². The van der Waals surface area contributed by atoms with Gasteiger partial charge in [-0.1, -0.05) is 29.8 Å². The number of carbonyl (C=O) groups excluding carboxylic acids is 1. The maximum Gasteiger partial charge on any atom is 0.236 e. The number of hydrogen-bond acceptors (Lipinski definition) is 3. The molecule has 4 rings (SSSR count). The van der Waals surface area contributed by atoms with Crippen LogP contribution < -0.4 is 20.7 Å². The number of amides is 1. The lowest BCUT2D eigenvalue weighted by atomic mass is 9.80. The van der Waals surface area contributed by atoms with E-state index in [4.69, 9.17) is 28.6 Å². The first-order chi connectivity index (χ1) is 12.0. The molecule has 0 spiro atoms. The van der Waals surface area contributed by atoms with E-state index in [0.29, 0.717) is 15.9 Å². The molecule has 128 valence electrons. The van der Waals surface area contributed by atoms with E-state index in [1.54, 1.807) is 6.07 Å². The van der Waals surface area contributed by atoms with Crippen molar-refractivity contribution in [3.05, 3.63) is 59.1 Å². The van der Waals surface area contributed by atoms with Gasteiger partial charge in [0.25, 0.3) is 0 Å². The maximum absolute atomic E-state index is 13.0. The molecular weight excluding hydrogens is 358 g/mol. The van der Waals surface area contributed by atoms with Crippen molar-refractivity contribution in [3.63, 3.8) is 0 Å². The molecule has 1 amide bonds. The van der Waals surface area contributed by atoms with E-state index >= 15 is 0 Å². The molecule has 2 aromatic carbocycles. The van der Waals surface area contributed by atoms with Crippen molar-refractivity contribution >= 4 is 40.5 Å². The number of ether oxygens (including phenoxy) is 1. The Morgan fingerprint density at radius 3 is 2.80 bits per heavy atom. The topological polar surface area (TPSA) is 62.4 Å². The minimum Gasteiger partial charge on any atom is -0.467 e. The summed E-state index contributed by atoms with van der Waals surface area (Å²) in [5.41, 5.74) is 0.600. The second-order valence-corrected chi connectivity index (χ2v) is 7.15. The standard InChI is InChI=1S/C18H16ClN3O2S/c1-18-14(16(23)20-11-5-3-2-4-6-11)15(21-17(25)22-18)12-9-10(19)7-8-13(12)24-18/h2-9,14-15H,1H3,(H,20,23)(H2,21,22,25)/t14-,15-,18+/m1/s1. The zero-order valence-electron chi connectivity index (χ0n) is 13.4.